The molecule has 0 radical (unpaired) electrons. The summed E-state index contributed by atoms with van der Waals surface area (Å²) in [6.45, 7) is 1.47. The van der Waals surface area contributed by atoms with E-state index in [4.69, 9.17) is 9.47 Å². The van der Waals surface area contributed by atoms with E-state index < -0.39 is 5.97 Å². The van der Waals surface area contributed by atoms with E-state index in [1.54, 1.807) is 24.3 Å². The molecule has 0 aliphatic carbocycles. The number of nitrogens with zero attached hydrogens (tertiary/aromatic N) is 1. The number of hydrogen-bond acceptors (Lipinski definition) is 5. The molecule has 0 aliphatic heterocycles. The number of aromatic amines is 1. The van der Waals surface area contributed by atoms with Crippen LogP contribution < -0.4 is 4.74 Å². The first-order valence-corrected chi connectivity index (χ1v) is 8.04. The summed E-state index contributed by atoms with van der Waals surface area (Å²) in [6, 6.07) is 16.2. The highest BCUT2D eigenvalue weighted by Gasteiger charge is 2.14. The van der Waals surface area contributed by atoms with E-state index in [9.17, 15) is 9.59 Å². The smallest absolute Gasteiger partial charge is 0.356 e. The topological polar surface area (TPSA) is 81.3 Å². The van der Waals surface area contributed by atoms with Crippen molar-refractivity contribution in [2.75, 3.05) is 7.11 Å². The van der Waals surface area contributed by atoms with Crippen LogP contribution >= 0.6 is 0 Å². The number of ether oxygens (including phenoxy) is 2. The monoisotopic (exact) mass is 350 g/mol. The van der Waals surface area contributed by atoms with Crippen molar-refractivity contribution in [1.29, 1.82) is 0 Å². The van der Waals surface area contributed by atoms with Crippen LogP contribution in [0.15, 0.2) is 54.6 Å². The molecule has 0 amide bonds. The molecule has 0 atom stereocenters. The number of ketones is 1. The van der Waals surface area contributed by atoms with Crippen LogP contribution in [-0.2, 0) is 11.3 Å². The Balaban J connectivity index is 1.72. The molecule has 26 heavy (non-hydrogen) atoms. The molecule has 1 heterocycles. The van der Waals surface area contributed by atoms with Crippen molar-refractivity contribution in [3.63, 3.8) is 0 Å². The third-order valence-corrected chi connectivity index (χ3v) is 3.91. The van der Waals surface area contributed by atoms with Gasteiger partial charge in [-0.05, 0) is 31.2 Å². The van der Waals surface area contributed by atoms with Gasteiger partial charge in [-0.1, -0.05) is 30.3 Å². The predicted molar refractivity (Wildman–Crippen MR) is 96.1 cm³/mol. The third kappa shape index (κ3) is 3.80. The van der Waals surface area contributed by atoms with Gasteiger partial charge in [-0.15, -0.1) is 0 Å². The second-order valence-corrected chi connectivity index (χ2v) is 5.69. The highest BCUT2D eigenvalue weighted by molar-refractivity contribution is 5.94. The van der Waals surface area contributed by atoms with Crippen molar-refractivity contribution in [3.8, 4) is 17.0 Å². The van der Waals surface area contributed by atoms with E-state index in [0.717, 1.165) is 5.56 Å². The Morgan fingerprint density at radius 1 is 1.08 bits per heavy atom. The summed E-state index contributed by atoms with van der Waals surface area (Å²) in [7, 11) is 1.52. The molecular formula is C20H18N2O4. The molecule has 6 nitrogen and oxygen atoms in total. The number of benzene rings is 2. The van der Waals surface area contributed by atoms with Gasteiger partial charge in [-0.3, -0.25) is 9.89 Å². The number of H-pyrrole nitrogens is 1. The van der Waals surface area contributed by atoms with Crippen molar-refractivity contribution in [3.05, 3.63) is 71.4 Å². The molecule has 1 aromatic heterocycles. The largest absolute Gasteiger partial charge is 0.496 e. The van der Waals surface area contributed by atoms with Crippen LogP contribution in [0.2, 0.25) is 0 Å². The van der Waals surface area contributed by atoms with Gasteiger partial charge in [0.2, 0.25) is 0 Å². The average Bonchev–Trinajstić information content (AvgIpc) is 3.16. The maximum Gasteiger partial charge on any atom is 0.356 e. The van der Waals surface area contributed by atoms with Crippen molar-refractivity contribution in [2.45, 2.75) is 13.5 Å². The van der Waals surface area contributed by atoms with E-state index in [1.807, 2.05) is 30.3 Å². The highest BCUT2D eigenvalue weighted by atomic mass is 16.5. The quantitative estimate of drug-likeness (QED) is 0.542. The summed E-state index contributed by atoms with van der Waals surface area (Å²) in [5.74, 6) is -0.0475. The Labute approximate surface area is 150 Å². The molecule has 0 bridgehead atoms. The molecule has 6 heteroatoms. The first kappa shape index (κ1) is 17.4. The molecule has 0 saturated carbocycles. The number of hydrogen-bond donors (Lipinski definition) is 1. The standard InChI is InChI=1S/C20H18N2O4/c1-13(23)15-8-9-19(25-2)16(10-15)12-26-20(24)18-11-17(21-22-18)14-6-4-3-5-7-14/h3-11H,12H2,1-2H3,(H,21,22). The van der Waals surface area contributed by atoms with Gasteiger partial charge in [0.05, 0.1) is 12.8 Å². The lowest BCUT2D eigenvalue weighted by Gasteiger charge is -2.10. The summed E-state index contributed by atoms with van der Waals surface area (Å²) < 4.78 is 10.6. The summed E-state index contributed by atoms with van der Waals surface area (Å²) in [5, 5.41) is 6.83. The molecule has 0 unspecified atom stereocenters. The zero-order valence-corrected chi connectivity index (χ0v) is 14.5. The molecule has 3 rings (SSSR count). The van der Waals surface area contributed by atoms with E-state index in [0.29, 0.717) is 22.6 Å². The zero-order valence-electron chi connectivity index (χ0n) is 14.5. The molecule has 132 valence electrons. The fourth-order valence-electron chi connectivity index (χ4n) is 2.51. The van der Waals surface area contributed by atoms with Gasteiger partial charge in [0, 0.05) is 16.7 Å². The number of carbonyl (C=O) groups is 2. The van der Waals surface area contributed by atoms with E-state index in [1.165, 1.54) is 14.0 Å². The van der Waals surface area contributed by atoms with Crippen LogP contribution in [0.5, 0.6) is 5.75 Å². The van der Waals surface area contributed by atoms with Gasteiger partial charge in [0.1, 0.15) is 18.1 Å². The minimum Gasteiger partial charge on any atom is -0.496 e. The molecule has 3 aromatic rings. The average molecular weight is 350 g/mol. The first-order chi connectivity index (χ1) is 12.6. The second-order valence-electron chi connectivity index (χ2n) is 5.69. The summed E-state index contributed by atoms with van der Waals surface area (Å²) in [6.07, 6.45) is 0. The summed E-state index contributed by atoms with van der Waals surface area (Å²) >= 11 is 0. The maximum absolute atomic E-state index is 12.3. The number of methoxy groups -OCH3 is 1. The van der Waals surface area contributed by atoms with E-state index in [2.05, 4.69) is 10.2 Å². The van der Waals surface area contributed by atoms with Gasteiger partial charge in [-0.2, -0.15) is 5.10 Å². The van der Waals surface area contributed by atoms with Crippen LogP contribution in [0, 0.1) is 0 Å². The minimum atomic E-state index is -0.532. The van der Waals surface area contributed by atoms with Gasteiger partial charge < -0.3 is 9.47 Å². The first-order valence-electron chi connectivity index (χ1n) is 8.04. The number of carbonyl (C=O) groups excluding carboxylic acids is 2. The predicted octanol–water partition coefficient (Wildman–Crippen LogP) is 3.64. The van der Waals surface area contributed by atoms with Gasteiger partial charge in [0.25, 0.3) is 0 Å². The van der Waals surface area contributed by atoms with Crippen LogP contribution in [0.25, 0.3) is 11.3 Å². The Morgan fingerprint density at radius 3 is 2.54 bits per heavy atom. The lowest BCUT2D eigenvalue weighted by Crippen LogP contribution is -2.07. The molecule has 0 saturated heterocycles. The zero-order chi connectivity index (χ0) is 18.5. The summed E-state index contributed by atoms with van der Waals surface area (Å²) in [5.41, 5.74) is 2.97. The normalized spacial score (nSPS) is 10.4. The third-order valence-electron chi connectivity index (χ3n) is 3.91. The number of aromatic nitrogens is 2. The molecule has 2 aromatic carbocycles. The van der Waals surface area contributed by atoms with E-state index >= 15 is 0 Å². The Kier molecular flexibility index (Phi) is 5.12. The van der Waals surface area contributed by atoms with Crippen LogP contribution in [0.3, 0.4) is 0 Å². The van der Waals surface area contributed by atoms with Gasteiger partial charge in [0.15, 0.2) is 5.78 Å². The molecule has 0 spiro atoms. The van der Waals surface area contributed by atoms with Crippen molar-refractivity contribution in [1.82, 2.24) is 10.2 Å². The molecular weight excluding hydrogens is 332 g/mol. The number of rotatable bonds is 6. The molecule has 0 fully saturated rings. The second kappa shape index (κ2) is 7.65. The van der Waals surface area contributed by atoms with Crippen molar-refractivity contribution in [2.24, 2.45) is 0 Å². The fourth-order valence-corrected chi connectivity index (χ4v) is 2.51. The minimum absolute atomic E-state index is 0.0111. The number of esters is 1. The van der Waals surface area contributed by atoms with Gasteiger partial charge >= 0.3 is 5.97 Å². The van der Waals surface area contributed by atoms with Gasteiger partial charge in [-0.25, -0.2) is 4.79 Å². The molecule has 1 N–H and O–H groups in total. The lowest BCUT2D eigenvalue weighted by atomic mass is 10.1. The number of nitrogens with one attached hydrogen (secondary N) is 1. The fraction of sp³-hybridized carbons (Fsp3) is 0.150. The van der Waals surface area contributed by atoms with Crippen molar-refractivity contribution >= 4 is 11.8 Å². The maximum atomic E-state index is 12.3. The highest BCUT2D eigenvalue weighted by Crippen LogP contribution is 2.22. The lowest BCUT2D eigenvalue weighted by molar-refractivity contribution is 0.0463. The van der Waals surface area contributed by atoms with Crippen LogP contribution in [0.4, 0.5) is 0 Å². The Hall–Kier alpha value is -3.41. The van der Waals surface area contributed by atoms with Crippen molar-refractivity contribution < 1.29 is 19.1 Å². The van der Waals surface area contributed by atoms with Crippen LogP contribution in [-0.4, -0.2) is 29.1 Å². The van der Waals surface area contributed by atoms with E-state index in [-0.39, 0.29) is 18.1 Å². The van der Waals surface area contributed by atoms with Crippen LogP contribution in [0.1, 0.15) is 33.3 Å². The number of Topliss-reactive ketones (excluding diaryl/α,β-unsaturated/α-hetero) is 1. The Morgan fingerprint density at radius 2 is 1.85 bits per heavy atom. The summed E-state index contributed by atoms with van der Waals surface area (Å²) in [4.78, 5) is 23.8. The molecule has 0 aliphatic rings. The SMILES string of the molecule is COc1ccc(C(C)=O)cc1COC(=O)c1cc(-c2ccccc2)n[nH]1. The Bertz CT molecular complexity index is 932.